The molecule has 0 radical (unpaired) electrons. The van der Waals surface area contributed by atoms with Gasteiger partial charge in [-0.15, -0.1) is 17.0 Å². The van der Waals surface area contributed by atoms with Crippen molar-refractivity contribution in [2.75, 3.05) is 20.2 Å². The fourth-order valence-electron chi connectivity index (χ4n) is 7.42. The molecule has 33 heavy (non-hydrogen) atoms. The number of likely N-dealkylation sites (N-methyl/N-ethyl adjacent to an activating group) is 1. The lowest BCUT2D eigenvalue weighted by Gasteiger charge is -2.66. The van der Waals surface area contributed by atoms with Crippen molar-refractivity contribution < 1.29 is 19.4 Å². The lowest BCUT2D eigenvalue weighted by molar-refractivity contribution is -0.228. The van der Waals surface area contributed by atoms with E-state index in [4.69, 9.17) is 9.47 Å². The predicted octanol–water partition coefficient (Wildman–Crippen LogP) is 4.37. The number of phenolic OH excluding ortho intramolecular Hbond substituents is 1. The molecule has 176 valence electrons. The van der Waals surface area contributed by atoms with Gasteiger partial charge in [-0.1, -0.05) is 36.4 Å². The normalized spacial score (nSPS) is 33.8. The van der Waals surface area contributed by atoms with E-state index in [2.05, 4.69) is 36.2 Å². The molecule has 2 aliphatic carbocycles. The van der Waals surface area contributed by atoms with Crippen LogP contribution in [0.1, 0.15) is 49.3 Å². The zero-order valence-corrected chi connectivity index (χ0v) is 21.0. The first-order valence-electron chi connectivity index (χ1n) is 11.9. The Morgan fingerprint density at radius 1 is 1.18 bits per heavy atom. The SMILES string of the molecule is Br.CN1CC[C@]23c4c5ccc(O)c4OC2(C)C(=O)CC[C@@]3(OCCCc2ccccc2)[C@H]1C5. The summed E-state index contributed by atoms with van der Waals surface area (Å²) < 4.78 is 13.4. The highest BCUT2D eigenvalue weighted by atomic mass is 79.9. The molecule has 2 fully saturated rings. The maximum Gasteiger partial charge on any atom is 0.177 e. The molecule has 5 nitrogen and oxygen atoms in total. The van der Waals surface area contributed by atoms with Crippen LogP contribution in [0.3, 0.4) is 0 Å². The lowest BCUT2D eigenvalue weighted by Crippen LogP contribution is -2.80. The number of carbonyl (C=O) groups is 1. The molecule has 1 saturated carbocycles. The molecule has 4 aliphatic rings. The van der Waals surface area contributed by atoms with Gasteiger partial charge in [0.2, 0.25) is 0 Å². The third-order valence-corrected chi connectivity index (χ3v) is 8.88. The number of aryl methyl sites for hydroxylation is 1. The molecule has 0 aromatic heterocycles. The minimum absolute atomic E-state index is 0. The van der Waals surface area contributed by atoms with Crippen LogP contribution in [0.25, 0.3) is 0 Å². The van der Waals surface area contributed by atoms with Crippen molar-refractivity contribution in [2.24, 2.45) is 0 Å². The third kappa shape index (κ3) is 2.80. The van der Waals surface area contributed by atoms with Gasteiger partial charge in [0, 0.05) is 24.6 Å². The van der Waals surface area contributed by atoms with Crippen molar-refractivity contribution >= 4 is 22.8 Å². The number of ketones is 1. The van der Waals surface area contributed by atoms with Crippen LogP contribution >= 0.6 is 17.0 Å². The summed E-state index contributed by atoms with van der Waals surface area (Å²) in [7, 11) is 2.18. The summed E-state index contributed by atoms with van der Waals surface area (Å²) in [5.41, 5.74) is 1.50. The van der Waals surface area contributed by atoms with Gasteiger partial charge in [-0.3, -0.25) is 4.79 Å². The number of carbonyl (C=O) groups excluding carboxylic acids is 1. The van der Waals surface area contributed by atoms with Gasteiger partial charge in [-0.2, -0.15) is 0 Å². The second kappa shape index (κ2) is 7.82. The number of nitrogens with zero attached hydrogens (tertiary/aromatic N) is 1. The maximum atomic E-state index is 13.4. The average molecular weight is 514 g/mol. The molecule has 2 aliphatic heterocycles. The molecule has 4 atom stereocenters. The van der Waals surface area contributed by atoms with Gasteiger partial charge < -0.3 is 19.5 Å². The lowest BCUT2D eigenvalue weighted by atomic mass is 9.45. The molecular formula is C27H32BrNO4. The smallest absolute Gasteiger partial charge is 0.177 e. The highest BCUT2D eigenvalue weighted by Gasteiger charge is 2.78. The van der Waals surface area contributed by atoms with Gasteiger partial charge in [0.1, 0.15) is 0 Å². The second-order valence-corrected chi connectivity index (χ2v) is 10.2. The molecule has 2 heterocycles. The maximum absolute atomic E-state index is 13.4. The van der Waals surface area contributed by atoms with Crippen LogP contribution < -0.4 is 4.74 Å². The number of likely N-dealkylation sites (tertiary alicyclic amines) is 1. The molecule has 6 heteroatoms. The Balaban J connectivity index is 0.00000228. The molecule has 2 bridgehead atoms. The summed E-state index contributed by atoms with van der Waals surface area (Å²) in [6.45, 7) is 3.49. The number of halogens is 1. The van der Waals surface area contributed by atoms with Crippen LogP contribution in [0.15, 0.2) is 42.5 Å². The van der Waals surface area contributed by atoms with Gasteiger partial charge in [0.25, 0.3) is 0 Å². The van der Waals surface area contributed by atoms with E-state index in [9.17, 15) is 9.90 Å². The van der Waals surface area contributed by atoms with Gasteiger partial charge >= 0.3 is 0 Å². The molecule has 6 rings (SSSR count). The Kier molecular flexibility index (Phi) is 5.42. The fourth-order valence-corrected chi connectivity index (χ4v) is 7.42. The number of phenols is 1. The second-order valence-electron chi connectivity index (χ2n) is 10.2. The minimum Gasteiger partial charge on any atom is -0.504 e. The van der Waals surface area contributed by atoms with E-state index >= 15 is 0 Å². The Hall–Kier alpha value is -1.89. The molecular weight excluding hydrogens is 482 g/mol. The van der Waals surface area contributed by atoms with Gasteiger partial charge in [0.15, 0.2) is 22.9 Å². The van der Waals surface area contributed by atoms with E-state index in [0.29, 0.717) is 25.2 Å². The summed E-state index contributed by atoms with van der Waals surface area (Å²) in [5, 5.41) is 10.7. The van der Waals surface area contributed by atoms with E-state index in [1.165, 1.54) is 11.1 Å². The molecule has 2 aromatic carbocycles. The molecule has 1 spiro atoms. The van der Waals surface area contributed by atoms with Crippen LogP contribution in [0.2, 0.25) is 0 Å². The van der Waals surface area contributed by atoms with E-state index in [1.807, 2.05) is 19.1 Å². The number of piperidine rings is 1. The van der Waals surface area contributed by atoms with Crippen LogP contribution in [0, 0.1) is 0 Å². The number of rotatable bonds is 5. The largest absolute Gasteiger partial charge is 0.504 e. The number of benzene rings is 2. The monoisotopic (exact) mass is 513 g/mol. The van der Waals surface area contributed by atoms with Crippen LogP contribution in [0.5, 0.6) is 11.5 Å². The van der Waals surface area contributed by atoms with Crippen molar-refractivity contribution in [1.82, 2.24) is 4.90 Å². The summed E-state index contributed by atoms with van der Waals surface area (Å²) in [6.07, 6.45) is 4.71. The minimum atomic E-state index is -0.999. The zero-order chi connectivity index (χ0) is 22.1. The van der Waals surface area contributed by atoms with Crippen LogP contribution in [0.4, 0.5) is 0 Å². The van der Waals surface area contributed by atoms with Crippen LogP contribution in [-0.2, 0) is 27.8 Å². The first-order chi connectivity index (χ1) is 15.4. The summed E-state index contributed by atoms with van der Waals surface area (Å²) >= 11 is 0. The van der Waals surface area contributed by atoms with E-state index in [-0.39, 0.29) is 34.6 Å². The Bertz CT molecular complexity index is 1090. The summed E-state index contributed by atoms with van der Waals surface area (Å²) in [6, 6.07) is 14.4. The van der Waals surface area contributed by atoms with Crippen molar-refractivity contribution in [1.29, 1.82) is 0 Å². The number of Topliss-reactive ketones (excluding diaryl/α,β-unsaturated/α-hetero) is 1. The number of aromatic hydroxyl groups is 1. The standard InChI is InChI=1S/C27H31NO4.BrH/c1-25-22(30)12-13-27(31-16-6-9-18-7-4-3-5-8-18)21-17-19-10-11-20(29)24(32-25)23(19)26(25,27)14-15-28(21)2;/h3-5,7-8,10-11,21,29H,6,9,12-17H2,1-2H3;1H/t21-,25?,26+,27-;/m1./s1. The predicted molar refractivity (Wildman–Crippen MR) is 132 cm³/mol. The number of ether oxygens (including phenoxy) is 2. The molecule has 1 N–H and O–H groups in total. The molecule has 2 aromatic rings. The van der Waals surface area contributed by atoms with Gasteiger partial charge in [-0.05, 0) is 69.8 Å². The molecule has 1 saturated heterocycles. The number of hydrogen-bond acceptors (Lipinski definition) is 5. The molecule has 1 unspecified atom stereocenters. The Morgan fingerprint density at radius 3 is 2.76 bits per heavy atom. The highest BCUT2D eigenvalue weighted by Crippen LogP contribution is 2.69. The Morgan fingerprint density at radius 2 is 1.97 bits per heavy atom. The van der Waals surface area contributed by atoms with E-state index < -0.39 is 16.6 Å². The zero-order valence-electron chi connectivity index (χ0n) is 19.3. The van der Waals surface area contributed by atoms with Crippen molar-refractivity contribution in [3.8, 4) is 11.5 Å². The average Bonchev–Trinajstić information content (AvgIpc) is 3.08. The molecule has 0 amide bonds. The fraction of sp³-hybridized carbons (Fsp3) is 0.519. The van der Waals surface area contributed by atoms with E-state index in [0.717, 1.165) is 37.8 Å². The van der Waals surface area contributed by atoms with Gasteiger partial charge in [-0.25, -0.2) is 0 Å². The summed E-state index contributed by atoms with van der Waals surface area (Å²) in [4.78, 5) is 15.8. The first-order valence-corrected chi connectivity index (χ1v) is 11.9. The highest BCUT2D eigenvalue weighted by molar-refractivity contribution is 8.93. The van der Waals surface area contributed by atoms with Crippen LogP contribution in [-0.4, -0.2) is 53.2 Å². The van der Waals surface area contributed by atoms with E-state index in [1.54, 1.807) is 6.07 Å². The summed E-state index contributed by atoms with van der Waals surface area (Å²) in [5.74, 6) is 0.783. The van der Waals surface area contributed by atoms with Gasteiger partial charge in [0.05, 0.1) is 11.0 Å². The van der Waals surface area contributed by atoms with Crippen molar-refractivity contribution in [2.45, 2.75) is 68.1 Å². The quantitative estimate of drug-likeness (QED) is 0.601. The topological polar surface area (TPSA) is 59.0 Å². The van der Waals surface area contributed by atoms with Crippen molar-refractivity contribution in [3.05, 3.63) is 59.2 Å². The third-order valence-electron chi connectivity index (χ3n) is 8.88. The Labute approximate surface area is 205 Å². The van der Waals surface area contributed by atoms with Crippen molar-refractivity contribution in [3.63, 3.8) is 0 Å². The first kappa shape index (κ1) is 22.9. The number of hydrogen-bond donors (Lipinski definition) is 1.